The number of amides is 1. The number of hydrogen-bond acceptors (Lipinski definition) is 4. The van der Waals surface area contributed by atoms with Gasteiger partial charge >= 0.3 is 0 Å². The molecule has 0 aromatic heterocycles. The van der Waals surface area contributed by atoms with Gasteiger partial charge in [0.15, 0.2) is 5.78 Å². The van der Waals surface area contributed by atoms with E-state index in [1.165, 1.54) is 6.92 Å². The van der Waals surface area contributed by atoms with Crippen molar-refractivity contribution in [2.24, 2.45) is 0 Å². The van der Waals surface area contributed by atoms with Crippen LogP contribution in [0.2, 0.25) is 0 Å². The second kappa shape index (κ2) is 9.61. The quantitative estimate of drug-likeness (QED) is 0.555. The van der Waals surface area contributed by atoms with Crippen LogP contribution >= 0.6 is 0 Å². The van der Waals surface area contributed by atoms with Gasteiger partial charge in [-0.25, -0.2) is 0 Å². The molecule has 2 aromatic carbocycles. The monoisotopic (exact) mass is 354 g/mol. The predicted octanol–water partition coefficient (Wildman–Crippen LogP) is 3.08. The molecule has 0 radical (unpaired) electrons. The average molecular weight is 354 g/mol. The van der Waals surface area contributed by atoms with Gasteiger partial charge < -0.3 is 15.0 Å². The highest BCUT2D eigenvalue weighted by molar-refractivity contribution is 5.94. The number of ketones is 1. The zero-order valence-corrected chi connectivity index (χ0v) is 15.6. The lowest BCUT2D eigenvalue weighted by molar-refractivity contribution is -0.120. The molecule has 1 amide bonds. The molecule has 0 heterocycles. The third-order valence-corrected chi connectivity index (χ3v) is 4.23. The molecule has 0 fully saturated rings. The summed E-state index contributed by atoms with van der Waals surface area (Å²) < 4.78 is 5.29. The molecule has 2 aromatic rings. The number of Topliss-reactive ketones (excluding diaryl/α,β-unsaturated/α-hetero) is 1. The van der Waals surface area contributed by atoms with Crippen LogP contribution < -0.4 is 15.0 Å². The van der Waals surface area contributed by atoms with Crippen LogP contribution in [-0.4, -0.2) is 38.9 Å². The van der Waals surface area contributed by atoms with Crippen LogP contribution in [0.1, 0.15) is 29.3 Å². The van der Waals surface area contributed by atoms with Gasteiger partial charge in [-0.2, -0.15) is 0 Å². The van der Waals surface area contributed by atoms with Crippen molar-refractivity contribution in [2.45, 2.75) is 19.8 Å². The fourth-order valence-electron chi connectivity index (χ4n) is 2.73. The summed E-state index contributed by atoms with van der Waals surface area (Å²) in [6, 6.07) is 15.3. The number of carbonyl (C=O) groups excluding carboxylic acids is 2. The van der Waals surface area contributed by atoms with E-state index in [2.05, 4.69) is 22.3 Å². The Labute approximate surface area is 155 Å². The summed E-state index contributed by atoms with van der Waals surface area (Å²) >= 11 is 0. The Morgan fingerprint density at radius 2 is 1.85 bits per heavy atom. The second-order valence-electron chi connectivity index (χ2n) is 6.22. The van der Waals surface area contributed by atoms with E-state index >= 15 is 0 Å². The number of nitrogens with zero attached hydrogens (tertiary/aromatic N) is 1. The first-order valence-corrected chi connectivity index (χ1v) is 8.72. The number of carbonyl (C=O) groups is 2. The number of benzene rings is 2. The molecule has 0 spiro atoms. The van der Waals surface area contributed by atoms with Gasteiger partial charge in [-0.15, -0.1) is 0 Å². The maximum Gasteiger partial charge on any atom is 0.224 e. The molecule has 0 saturated heterocycles. The molecule has 0 saturated carbocycles. The molecular weight excluding hydrogens is 328 g/mol. The summed E-state index contributed by atoms with van der Waals surface area (Å²) in [6.07, 6.45) is 1.04. The minimum atomic E-state index is -0.0774. The summed E-state index contributed by atoms with van der Waals surface area (Å²) in [4.78, 5) is 25.9. The number of hydrogen-bond donors (Lipinski definition) is 1. The number of nitrogens with one attached hydrogen (secondary N) is 1. The topological polar surface area (TPSA) is 58.6 Å². The lowest BCUT2D eigenvalue weighted by Crippen LogP contribution is -2.29. The molecule has 5 heteroatoms. The normalized spacial score (nSPS) is 10.3. The summed E-state index contributed by atoms with van der Waals surface area (Å²) in [5.41, 5.74) is 2.46. The molecule has 0 atom stereocenters. The summed E-state index contributed by atoms with van der Waals surface area (Å²) in [6.45, 7) is 2.97. The number of rotatable bonds is 9. The fraction of sp³-hybridized carbons (Fsp3) is 0.333. The third kappa shape index (κ3) is 5.62. The van der Waals surface area contributed by atoms with Crippen LogP contribution in [-0.2, 0) is 11.2 Å². The zero-order valence-electron chi connectivity index (χ0n) is 15.6. The highest BCUT2D eigenvalue weighted by atomic mass is 16.5. The summed E-state index contributed by atoms with van der Waals surface area (Å²) in [7, 11) is 3.60. The van der Waals surface area contributed by atoms with Crippen molar-refractivity contribution in [3.63, 3.8) is 0 Å². The van der Waals surface area contributed by atoms with E-state index in [1.807, 2.05) is 25.2 Å². The van der Waals surface area contributed by atoms with E-state index in [4.69, 9.17) is 4.74 Å². The van der Waals surface area contributed by atoms with Crippen LogP contribution in [0.15, 0.2) is 48.5 Å². The van der Waals surface area contributed by atoms with Crippen molar-refractivity contribution < 1.29 is 14.3 Å². The van der Waals surface area contributed by atoms with E-state index in [9.17, 15) is 9.59 Å². The first kappa shape index (κ1) is 19.5. The minimum Gasteiger partial charge on any atom is -0.496 e. The Balaban J connectivity index is 1.82. The van der Waals surface area contributed by atoms with Crippen LogP contribution in [0.5, 0.6) is 5.75 Å². The number of anilines is 1. The fourth-order valence-corrected chi connectivity index (χ4v) is 2.73. The highest BCUT2D eigenvalue weighted by Crippen LogP contribution is 2.21. The highest BCUT2D eigenvalue weighted by Gasteiger charge is 2.11. The molecule has 138 valence electrons. The van der Waals surface area contributed by atoms with Gasteiger partial charge in [-0.05, 0) is 43.7 Å². The van der Waals surface area contributed by atoms with Gasteiger partial charge in [0.2, 0.25) is 5.91 Å². The smallest absolute Gasteiger partial charge is 0.224 e. The number of ether oxygens (including phenoxy) is 1. The Hall–Kier alpha value is -2.82. The number of para-hydroxylation sites is 1. The molecule has 0 aliphatic carbocycles. The first-order chi connectivity index (χ1) is 12.5. The lowest BCUT2D eigenvalue weighted by Gasteiger charge is -2.19. The molecule has 5 nitrogen and oxygen atoms in total. The van der Waals surface area contributed by atoms with E-state index in [0.29, 0.717) is 17.9 Å². The maximum atomic E-state index is 12.2. The molecule has 0 aliphatic rings. The third-order valence-electron chi connectivity index (χ3n) is 4.23. The van der Waals surface area contributed by atoms with Gasteiger partial charge in [-0.3, -0.25) is 9.59 Å². The Kier molecular flexibility index (Phi) is 7.21. The first-order valence-electron chi connectivity index (χ1n) is 8.72. The van der Waals surface area contributed by atoms with Crippen molar-refractivity contribution >= 4 is 17.4 Å². The Bertz CT molecular complexity index is 744. The van der Waals surface area contributed by atoms with Crippen LogP contribution in [0.4, 0.5) is 5.69 Å². The van der Waals surface area contributed by atoms with Gasteiger partial charge in [0.25, 0.3) is 0 Å². The molecule has 0 bridgehead atoms. The SMILES string of the molecule is COc1ccc(C(C)=O)cc1CC(=O)NCCCN(C)c1ccccc1. The van der Waals surface area contributed by atoms with E-state index < -0.39 is 0 Å². The number of methoxy groups -OCH3 is 1. The molecule has 0 unspecified atom stereocenters. The van der Waals surface area contributed by atoms with Crippen molar-refractivity contribution in [1.29, 1.82) is 0 Å². The molecule has 2 rings (SSSR count). The second-order valence-corrected chi connectivity index (χ2v) is 6.22. The van der Waals surface area contributed by atoms with Gasteiger partial charge in [0.1, 0.15) is 5.75 Å². The largest absolute Gasteiger partial charge is 0.496 e. The van der Waals surface area contributed by atoms with Gasteiger partial charge in [-0.1, -0.05) is 18.2 Å². The average Bonchev–Trinajstić information content (AvgIpc) is 2.65. The molecule has 0 aliphatic heterocycles. The predicted molar refractivity (Wildman–Crippen MR) is 104 cm³/mol. The summed E-state index contributed by atoms with van der Waals surface area (Å²) in [5.74, 6) is 0.513. The summed E-state index contributed by atoms with van der Waals surface area (Å²) in [5, 5.41) is 2.93. The van der Waals surface area contributed by atoms with E-state index in [-0.39, 0.29) is 18.1 Å². The van der Waals surface area contributed by atoms with Crippen molar-refractivity contribution in [3.8, 4) is 5.75 Å². The van der Waals surface area contributed by atoms with E-state index in [0.717, 1.165) is 24.2 Å². The van der Waals surface area contributed by atoms with Gasteiger partial charge in [0.05, 0.1) is 13.5 Å². The van der Waals surface area contributed by atoms with Crippen LogP contribution in [0.3, 0.4) is 0 Å². The van der Waals surface area contributed by atoms with Crippen molar-refractivity contribution in [1.82, 2.24) is 5.32 Å². The Morgan fingerprint density at radius 3 is 2.50 bits per heavy atom. The lowest BCUT2D eigenvalue weighted by atomic mass is 10.0. The zero-order chi connectivity index (χ0) is 18.9. The standard InChI is InChI=1S/C21H26N2O3/c1-16(24)17-10-11-20(26-3)18(14-17)15-21(25)22-12-7-13-23(2)19-8-5-4-6-9-19/h4-6,8-11,14H,7,12-13,15H2,1-3H3,(H,22,25). The van der Waals surface area contributed by atoms with Crippen molar-refractivity contribution in [2.75, 3.05) is 32.1 Å². The van der Waals surface area contributed by atoms with Crippen LogP contribution in [0.25, 0.3) is 0 Å². The minimum absolute atomic E-state index is 0.0294. The Morgan fingerprint density at radius 1 is 1.12 bits per heavy atom. The van der Waals surface area contributed by atoms with Crippen molar-refractivity contribution in [3.05, 3.63) is 59.7 Å². The molecule has 1 N–H and O–H groups in total. The molecule has 26 heavy (non-hydrogen) atoms. The maximum absolute atomic E-state index is 12.2. The van der Waals surface area contributed by atoms with E-state index in [1.54, 1.807) is 25.3 Å². The molecular formula is C21H26N2O3. The van der Waals surface area contributed by atoms with Gasteiger partial charge in [0, 0.05) is 37.0 Å². The van der Waals surface area contributed by atoms with Crippen LogP contribution in [0, 0.1) is 0 Å².